The Bertz CT molecular complexity index is 134. The first-order valence-corrected chi connectivity index (χ1v) is 1.56. The molecule has 0 saturated heterocycles. The smallest absolute Gasteiger partial charge is 0.384 e. The number of rotatable bonds is 2. The Morgan fingerprint density at radius 2 is 1.11 bits per heavy atom. The van der Waals surface area contributed by atoms with Crippen molar-refractivity contribution in [2.24, 2.45) is 0 Å². The Morgan fingerprint density at radius 3 is 1.11 bits per heavy atom. The molecule has 0 aliphatic carbocycles. The van der Waals surface area contributed by atoms with Crippen LogP contribution in [0, 0.1) is 0 Å². The predicted octanol–water partition coefficient (Wildman–Crippen LogP) is -1.28. The molecule has 0 spiro atoms. The second kappa shape index (κ2) is 4.37. The van der Waals surface area contributed by atoms with E-state index in [4.69, 9.17) is 10.2 Å². The Balaban J connectivity index is 0. The van der Waals surface area contributed by atoms with Gasteiger partial charge in [0.15, 0.2) is 0 Å². The van der Waals surface area contributed by atoms with Crippen molar-refractivity contribution in [2.75, 3.05) is 0 Å². The van der Waals surface area contributed by atoms with E-state index in [0.29, 0.717) is 0 Å². The summed E-state index contributed by atoms with van der Waals surface area (Å²) in [5, 5.41) is 15.2. The van der Waals surface area contributed by atoms with Crippen LogP contribution in [-0.2, 0) is 40.2 Å². The quantitative estimate of drug-likeness (QED) is 0.390. The van der Waals surface area contributed by atoms with Crippen molar-refractivity contribution in [3.05, 3.63) is 0 Å². The summed E-state index contributed by atoms with van der Waals surface area (Å²) in [6.45, 7) is 0. The van der Waals surface area contributed by atoms with Crippen LogP contribution < -0.4 is 0 Å². The van der Waals surface area contributed by atoms with E-state index in [-0.39, 0.29) is 25.8 Å². The van der Waals surface area contributed by atoms with Gasteiger partial charge in [-0.25, -0.2) is 9.59 Å². The average Bonchev–Trinajstić information content (AvgIpc) is 1.64. The van der Waals surface area contributed by atoms with E-state index in [1.807, 2.05) is 0 Å². The van der Waals surface area contributed by atoms with Gasteiger partial charge >= 0.3 is 17.7 Å². The van der Waals surface area contributed by atoms with Crippen LogP contribution in [0.5, 0.6) is 0 Å². The number of Topliss-reactive ketones (excluding diaryl/α,β-unsaturated/α-hetero) is 1. The number of hydrogen-bond donors (Lipinski definition) is 2. The molecular weight excluding hydrogens is 161 g/mol. The molecule has 0 heterocycles. The molecule has 0 aliphatic rings. The van der Waals surface area contributed by atoms with Gasteiger partial charge in [-0.2, -0.15) is 0 Å². The molecule has 9 heavy (non-hydrogen) atoms. The van der Waals surface area contributed by atoms with Crippen molar-refractivity contribution >= 4 is 17.7 Å². The first-order valence-electron chi connectivity index (χ1n) is 1.56. The van der Waals surface area contributed by atoms with Crippen LogP contribution in [0.2, 0.25) is 0 Å². The zero-order valence-corrected chi connectivity index (χ0v) is 6.00. The molecule has 0 bridgehead atoms. The second-order valence-corrected chi connectivity index (χ2v) is 0.939. The molecule has 0 unspecified atom stereocenters. The fourth-order valence-electron chi connectivity index (χ4n) is 0.0915. The maximum absolute atomic E-state index is 9.64. The van der Waals surface area contributed by atoms with Gasteiger partial charge in [0, 0.05) is 25.8 Å². The van der Waals surface area contributed by atoms with Crippen LogP contribution in [0.1, 0.15) is 0 Å². The molecule has 6 heteroatoms. The van der Waals surface area contributed by atoms with Gasteiger partial charge in [0.1, 0.15) is 0 Å². The van der Waals surface area contributed by atoms with E-state index in [0.717, 1.165) is 0 Å². The third kappa shape index (κ3) is 4.01. The van der Waals surface area contributed by atoms with E-state index in [1.165, 1.54) is 0 Å². The minimum atomic E-state index is -1.95. The molecule has 47 valence electrons. The third-order valence-corrected chi connectivity index (χ3v) is 0.388. The van der Waals surface area contributed by atoms with Gasteiger partial charge in [0.05, 0.1) is 0 Å². The second-order valence-electron chi connectivity index (χ2n) is 0.939. The van der Waals surface area contributed by atoms with Gasteiger partial charge in [-0.1, -0.05) is 0 Å². The van der Waals surface area contributed by atoms with Gasteiger partial charge in [-0.3, -0.25) is 4.79 Å². The maximum Gasteiger partial charge on any atom is 0.384 e. The predicted molar refractivity (Wildman–Crippen MR) is 20.3 cm³/mol. The van der Waals surface area contributed by atoms with Crippen LogP contribution in [0.15, 0.2) is 0 Å². The van der Waals surface area contributed by atoms with E-state index in [2.05, 4.69) is 0 Å². The molecule has 1 radical (unpaired) electrons. The van der Waals surface area contributed by atoms with Gasteiger partial charge in [-0.15, -0.1) is 0 Å². The number of aliphatic carboxylic acids is 2. The van der Waals surface area contributed by atoms with Crippen LogP contribution >= 0.6 is 0 Å². The number of ketones is 1. The average molecular weight is 163 g/mol. The number of carboxylic acid groups (broad SMARTS) is 2. The first-order chi connectivity index (χ1) is 3.55. The molecule has 2 N–H and O–H groups in total. The molecule has 0 aliphatic heterocycles. The normalized spacial score (nSPS) is 7.11. The Hall–Kier alpha value is -0.520. The van der Waals surface area contributed by atoms with Gasteiger partial charge < -0.3 is 10.2 Å². The van der Waals surface area contributed by atoms with Crippen LogP contribution in [-0.4, -0.2) is 27.9 Å². The van der Waals surface area contributed by atoms with Crippen molar-refractivity contribution in [1.82, 2.24) is 0 Å². The van der Waals surface area contributed by atoms with Crippen LogP contribution in [0.3, 0.4) is 0 Å². The third-order valence-electron chi connectivity index (χ3n) is 0.388. The largest absolute Gasteiger partial charge is 0.475 e. The molecule has 0 atom stereocenters. The Kier molecular flexibility index (Phi) is 5.48. The summed E-state index contributed by atoms with van der Waals surface area (Å²) in [7, 11) is 0. The SMILES string of the molecule is O=C(O)C(=O)C(=O)O.[Sc]. The number of carbonyl (C=O) groups excluding carboxylic acids is 1. The molecule has 0 aromatic heterocycles. The molecule has 5 nitrogen and oxygen atoms in total. The van der Waals surface area contributed by atoms with Crippen molar-refractivity contribution in [3.63, 3.8) is 0 Å². The van der Waals surface area contributed by atoms with E-state index < -0.39 is 17.7 Å². The molecule has 0 fully saturated rings. The molecule has 0 aromatic rings. The summed E-state index contributed by atoms with van der Waals surface area (Å²) >= 11 is 0. The zero-order valence-electron chi connectivity index (χ0n) is 4.20. The summed E-state index contributed by atoms with van der Waals surface area (Å²) in [6, 6.07) is 0. The van der Waals surface area contributed by atoms with Crippen LogP contribution in [0.4, 0.5) is 0 Å². The van der Waals surface area contributed by atoms with Crippen molar-refractivity contribution in [2.45, 2.75) is 0 Å². The van der Waals surface area contributed by atoms with Gasteiger partial charge in [0.25, 0.3) is 0 Å². The fraction of sp³-hybridized carbons (Fsp3) is 0. The molecular formula is C3H2O5Sc. The molecule has 0 saturated carbocycles. The van der Waals surface area contributed by atoms with Crippen molar-refractivity contribution in [3.8, 4) is 0 Å². The number of carbonyl (C=O) groups is 3. The topological polar surface area (TPSA) is 91.7 Å². The summed E-state index contributed by atoms with van der Waals surface area (Å²) in [5.41, 5.74) is 0. The Morgan fingerprint density at radius 1 is 0.889 bits per heavy atom. The standard InChI is InChI=1S/C3H2O5.Sc/c4-1(2(5)6)3(7)8;/h(H,5,6)(H,7,8);. The monoisotopic (exact) mass is 163 g/mol. The molecule has 0 aromatic carbocycles. The van der Waals surface area contributed by atoms with Crippen LogP contribution in [0.25, 0.3) is 0 Å². The zero-order chi connectivity index (χ0) is 6.73. The number of hydrogen-bond acceptors (Lipinski definition) is 3. The Labute approximate surface area is 68.5 Å². The summed E-state index contributed by atoms with van der Waals surface area (Å²) in [6.07, 6.45) is 0. The van der Waals surface area contributed by atoms with Crippen molar-refractivity contribution in [1.29, 1.82) is 0 Å². The first kappa shape index (κ1) is 11.3. The minimum absolute atomic E-state index is 0. The van der Waals surface area contributed by atoms with Crippen molar-refractivity contribution < 1.29 is 50.4 Å². The molecule has 0 rings (SSSR count). The summed E-state index contributed by atoms with van der Waals surface area (Å²) in [5.74, 6) is -5.71. The minimum Gasteiger partial charge on any atom is -0.475 e. The van der Waals surface area contributed by atoms with E-state index in [9.17, 15) is 14.4 Å². The van der Waals surface area contributed by atoms with E-state index in [1.54, 1.807) is 0 Å². The summed E-state index contributed by atoms with van der Waals surface area (Å²) < 4.78 is 0. The van der Waals surface area contributed by atoms with E-state index >= 15 is 0 Å². The molecule has 0 amide bonds. The van der Waals surface area contributed by atoms with Gasteiger partial charge in [-0.05, 0) is 0 Å². The number of carboxylic acids is 2. The van der Waals surface area contributed by atoms with Gasteiger partial charge in [0.2, 0.25) is 0 Å². The summed E-state index contributed by atoms with van der Waals surface area (Å²) in [4.78, 5) is 28.5. The fourth-order valence-corrected chi connectivity index (χ4v) is 0.0915. The maximum atomic E-state index is 9.64.